The fourth-order valence-electron chi connectivity index (χ4n) is 3.11. The number of hydrogen-bond donors (Lipinski definition) is 0. The van der Waals surface area contributed by atoms with Crippen molar-refractivity contribution in [3.8, 4) is 11.5 Å². The fraction of sp³-hybridized carbons (Fsp3) is 0.346. The molecule has 0 bridgehead atoms. The first kappa shape index (κ1) is 29.2. The predicted molar refractivity (Wildman–Crippen MR) is 139 cm³/mol. The van der Waals surface area contributed by atoms with Gasteiger partial charge in [0.25, 0.3) is 0 Å². The third-order valence-corrected chi connectivity index (χ3v) is 7.27. The molecule has 0 aliphatic carbocycles. The molecule has 5 nitrogen and oxygen atoms in total. The molecule has 0 aliphatic rings. The van der Waals surface area contributed by atoms with Crippen LogP contribution < -0.4 is 9.47 Å². The van der Waals surface area contributed by atoms with Crippen LogP contribution in [0.5, 0.6) is 11.5 Å². The molecule has 200 valence electrons. The molecule has 3 rings (SSSR count). The van der Waals surface area contributed by atoms with Crippen LogP contribution in [0.2, 0.25) is 4.34 Å². The minimum absolute atomic E-state index is 0.150. The van der Waals surface area contributed by atoms with Crippen molar-refractivity contribution in [2.45, 2.75) is 37.6 Å². The highest BCUT2D eigenvalue weighted by atomic mass is 35.5. The van der Waals surface area contributed by atoms with Crippen LogP contribution in [0.15, 0.2) is 59.5 Å². The average Bonchev–Trinajstić information content (AvgIpc) is 3.28. The van der Waals surface area contributed by atoms with E-state index in [9.17, 15) is 18.0 Å². The van der Waals surface area contributed by atoms with Gasteiger partial charge in [-0.15, -0.1) is 23.1 Å². The lowest BCUT2D eigenvalue weighted by atomic mass is 10.2. The van der Waals surface area contributed by atoms with Crippen LogP contribution in [-0.4, -0.2) is 37.6 Å². The van der Waals surface area contributed by atoms with Gasteiger partial charge in [-0.05, 0) is 74.0 Å². The first-order valence-corrected chi connectivity index (χ1v) is 13.5. The monoisotopic (exact) mass is 574 g/mol. The van der Waals surface area contributed by atoms with E-state index in [1.807, 2.05) is 25.1 Å². The van der Waals surface area contributed by atoms with E-state index in [-0.39, 0.29) is 19.3 Å². The van der Waals surface area contributed by atoms with Crippen molar-refractivity contribution in [2.75, 3.05) is 25.6 Å². The number of aryl methyl sites for hydroxylation is 1. The second-order valence-electron chi connectivity index (χ2n) is 7.80. The average molecular weight is 575 g/mol. The summed E-state index contributed by atoms with van der Waals surface area (Å²) >= 11 is 8.96. The second kappa shape index (κ2) is 13.9. The highest BCUT2D eigenvalue weighted by molar-refractivity contribution is 7.99. The third kappa shape index (κ3) is 9.77. The Kier molecular flexibility index (Phi) is 11.0. The van der Waals surface area contributed by atoms with Crippen LogP contribution in [0.3, 0.4) is 0 Å². The molecule has 0 fully saturated rings. The van der Waals surface area contributed by atoms with Gasteiger partial charge in [0.1, 0.15) is 24.2 Å². The van der Waals surface area contributed by atoms with E-state index in [1.54, 1.807) is 30.8 Å². The summed E-state index contributed by atoms with van der Waals surface area (Å²) in [6.07, 6.45) is -4.76. The fourth-order valence-corrected chi connectivity index (χ4v) is 5.11. The zero-order valence-corrected chi connectivity index (χ0v) is 22.6. The molecule has 0 saturated carbocycles. The number of alkyl halides is 3. The minimum atomic E-state index is -4.40. The summed E-state index contributed by atoms with van der Waals surface area (Å²) in [5.74, 6) is 1.01. The van der Waals surface area contributed by atoms with Crippen molar-refractivity contribution in [2.24, 2.45) is 0 Å². The number of hydrogen-bond acceptors (Lipinski definition) is 7. The highest BCUT2D eigenvalue weighted by Gasteiger charge is 2.30. The third-order valence-electron chi connectivity index (χ3n) is 4.94. The quantitative estimate of drug-likeness (QED) is 0.156. The molecule has 1 atom stereocenters. The standard InChI is InChI=1S/C26H26ClF3O5S2/c1-3-32-25(31)15-35-23-10-8-21(12-17(23)2)36-16-20(34-14-22-9-11-24(27)37-22)13-33-19-6-4-18(5-7-19)26(28,29)30/h4-12,20H,3,13-16H2,1-2H3. The molecule has 1 heterocycles. The maximum absolute atomic E-state index is 12.8. The molecule has 11 heteroatoms. The van der Waals surface area contributed by atoms with Gasteiger partial charge in [-0.25, -0.2) is 4.79 Å². The van der Waals surface area contributed by atoms with Gasteiger partial charge in [-0.3, -0.25) is 0 Å². The van der Waals surface area contributed by atoms with Crippen LogP contribution in [0, 0.1) is 6.92 Å². The summed E-state index contributed by atoms with van der Waals surface area (Å²) in [6.45, 7) is 4.23. The number of esters is 1. The maximum atomic E-state index is 12.8. The van der Waals surface area contributed by atoms with E-state index in [0.29, 0.717) is 34.8 Å². The molecule has 37 heavy (non-hydrogen) atoms. The Morgan fingerprint density at radius 3 is 2.46 bits per heavy atom. The number of ether oxygens (including phenoxy) is 4. The molecule has 1 unspecified atom stereocenters. The van der Waals surface area contributed by atoms with E-state index in [1.165, 1.54) is 23.5 Å². The minimum Gasteiger partial charge on any atom is -0.491 e. The summed E-state index contributed by atoms with van der Waals surface area (Å²) in [6, 6.07) is 13.9. The van der Waals surface area contributed by atoms with Crippen LogP contribution in [-0.2, 0) is 27.1 Å². The van der Waals surface area contributed by atoms with Crippen LogP contribution in [0.4, 0.5) is 13.2 Å². The van der Waals surface area contributed by atoms with Gasteiger partial charge >= 0.3 is 12.1 Å². The number of halogens is 4. The van der Waals surface area contributed by atoms with E-state index in [0.717, 1.165) is 27.5 Å². The summed E-state index contributed by atoms with van der Waals surface area (Å²) in [5.41, 5.74) is 0.129. The number of thiophene rings is 1. The van der Waals surface area contributed by atoms with Crippen molar-refractivity contribution < 1.29 is 36.9 Å². The van der Waals surface area contributed by atoms with E-state index < -0.39 is 17.7 Å². The molecule has 0 saturated heterocycles. The van der Waals surface area contributed by atoms with Crippen LogP contribution in [0.25, 0.3) is 0 Å². The van der Waals surface area contributed by atoms with Crippen LogP contribution in [0.1, 0.15) is 22.9 Å². The lowest BCUT2D eigenvalue weighted by Gasteiger charge is -2.19. The van der Waals surface area contributed by atoms with Crippen molar-refractivity contribution >= 4 is 40.7 Å². The highest BCUT2D eigenvalue weighted by Crippen LogP contribution is 2.31. The first-order valence-electron chi connectivity index (χ1n) is 11.3. The number of benzene rings is 2. The lowest BCUT2D eigenvalue weighted by molar-refractivity contribution is -0.145. The topological polar surface area (TPSA) is 54.0 Å². The van der Waals surface area contributed by atoms with E-state index in [4.69, 9.17) is 30.5 Å². The van der Waals surface area contributed by atoms with Crippen molar-refractivity contribution in [3.63, 3.8) is 0 Å². The Bertz CT molecular complexity index is 1150. The van der Waals surface area contributed by atoms with Crippen molar-refractivity contribution in [3.05, 3.63) is 74.9 Å². The zero-order chi connectivity index (χ0) is 26.8. The number of thioether (sulfide) groups is 1. The largest absolute Gasteiger partial charge is 0.491 e. The second-order valence-corrected chi connectivity index (χ2v) is 10.7. The summed E-state index contributed by atoms with van der Waals surface area (Å²) < 4.78 is 61.3. The predicted octanol–water partition coefficient (Wildman–Crippen LogP) is 7.43. The van der Waals surface area contributed by atoms with Gasteiger partial charge in [0.05, 0.1) is 23.1 Å². The zero-order valence-electron chi connectivity index (χ0n) is 20.2. The van der Waals surface area contributed by atoms with Gasteiger partial charge < -0.3 is 18.9 Å². The molecule has 2 aromatic carbocycles. The summed E-state index contributed by atoms with van der Waals surface area (Å²) in [4.78, 5) is 13.4. The molecule has 0 spiro atoms. The van der Waals surface area contributed by atoms with Gasteiger partial charge in [0.15, 0.2) is 6.61 Å². The molecular formula is C26H26ClF3O5S2. The van der Waals surface area contributed by atoms with E-state index >= 15 is 0 Å². The Morgan fingerprint density at radius 2 is 1.84 bits per heavy atom. The molecule has 1 aromatic heterocycles. The molecule has 3 aromatic rings. The van der Waals surface area contributed by atoms with Crippen molar-refractivity contribution in [1.82, 2.24) is 0 Å². The maximum Gasteiger partial charge on any atom is 0.416 e. The van der Waals surface area contributed by atoms with Gasteiger partial charge in [-0.2, -0.15) is 13.2 Å². The van der Waals surface area contributed by atoms with E-state index in [2.05, 4.69) is 0 Å². The van der Waals surface area contributed by atoms with Gasteiger partial charge in [-0.1, -0.05) is 11.6 Å². The number of rotatable bonds is 13. The number of carbonyl (C=O) groups is 1. The summed E-state index contributed by atoms with van der Waals surface area (Å²) in [7, 11) is 0. The lowest BCUT2D eigenvalue weighted by Crippen LogP contribution is -2.24. The normalized spacial score (nSPS) is 12.3. The van der Waals surface area contributed by atoms with Crippen molar-refractivity contribution in [1.29, 1.82) is 0 Å². The Hall–Kier alpha value is -2.40. The van der Waals surface area contributed by atoms with Gasteiger partial charge in [0, 0.05) is 15.5 Å². The molecule has 0 N–H and O–H groups in total. The number of carbonyl (C=O) groups excluding carboxylic acids is 1. The Balaban J connectivity index is 1.59. The smallest absolute Gasteiger partial charge is 0.416 e. The Labute approximate surface area is 226 Å². The molecule has 0 amide bonds. The molecule has 0 radical (unpaired) electrons. The first-order chi connectivity index (χ1) is 17.6. The molecular weight excluding hydrogens is 549 g/mol. The van der Waals surface area contributed by atoms with Crippen LogP contribution >= 0.6 is 34.7 Å². The van der Waals surface area contributed by atoms with Gasteiger partial charge in [0.2, 0.25) is 0 Å². The summed E-state index contributed by atoms with van der Waals surface area (Å²) in [5, 5.41) is 0. The Morgan fingerprint density at radius 1 is 1.08 bits per heavy atom. The molecule has 0 aliphatic heterocycles. The SMILES string of the molecule is CCOC(=O)COc1ccc(SCC(COc2ccc(C(F)(F)F)cc2)OCc2ccc(Cl)s2)cc1C.